The zero-order chi connectivity index (χ0) is 15.5. The maximum Gasteiger partial charge on any atom is 0.259 e. The molecule has 0 unspecified atom stereocenters. The summed E-state index contributed by atoms with van der Waals surface area (Å²) >= 11 is 0. The fourth-order valence-corrected chi connectivity index (χ4v) is 3.06. The molecule has 3 aromatic carbocycles. The maximum absolute atomic E-state index is 6.28. The fourth-order valence-electron chi connectivity index (χ4n) is 3.06. The summed E-state index contributed by atoms with van der Waals surface area (Å²) in [6, 6.07) is 28.6. The minimum atomic E-state index is -0.688. The van der Waals surface area contributed by atoms with Gasteiger partial charge in [0.05, 0.1) is 12.8 Å². The molecule has 1 aliphatic rings. The standard InChI is InChI=1S/C21H18O2/c1-3-9-17(10-4-1)15-21(16-18-11-5-2-6-12-18)22-19-13-7-8-14-20(19)23-21/h1-14H,15-16H2. The van der Waals surface area contributed by atoms with Crippen molar-refractivity contribution in [3.63, 3.8) is 0 Å². The summed E-state index contributed by atoms with van der Waals surface area (Å²) < 4.78 is 12.6. The lowest BCUT2D eigenvalue weighted by molar-refractivity contribution is -0.0774. The molecule has 0 saturated carbocycles. The molecule has 1 aliphatic heterocycles. The molecule has 3 aromatic rings. The molecule has 0 atom stereocenters. The summed E-state index contributed by atoms with van der Waals surface area (Å²) in [5, 5.41) is 0. The summed E-state index contributed by atoms with van der Waals surface area (Å²) in [6.45, 7) is 0. The van der Waals surface area contributed by atoms with Gasteiger partial charge in [0, 0.05) is 0 Å². The number of hydrogen-bond donors (Lipinski definition) is 0. The lowest BCUT2D eigenvalue weighted by Crippen LogP contribution is -2.43. The van der Waals surface area contributed by atoms with Gasteiger partial charge in [-0.3, -0.25) is 0 Å². The van der Waals surface area contributed by atoms with Gasteiger partial charge in [0.25, 0.3) is 5.79 Å². The third-order valence-corrected chi connectivity index (χ3v) is 4.07. The van der Waals surface area contributed by atoms with E-state index in [-0.39, 0.29) is 0 Å². The second-order valence-corrected chi connectivity index (χ2v) is 5.89. The van der Waals surface area contributed by atoms with Crippen LogP contribution in [0, 0.1) is 0 Å². The maximum atomic E-state index is 6.28. The van der Waals surface area contributed by atoms with E-state index in [1.807, 2.05) is 60.7 Å². The first-order valence-corrected chi connectivity index (χ1v) is 7.88. The van der Waals surface area contributed by atoms with Gasteiger partial charge in [-0.25, -0.2) is 0 Å². The molecule has 0 fully saturated rings. The van der Waals surface area contributed by atoms with Crippen molar-refractivity contribution in [2.24, 2.45) is 0 Å². The fraction of sp³-hybridized carbons (Fsp3) is 0.143. The number of fused-ring (bicyclic) bond motifs is 1. The van der Waals surface area contributed by atoms with Gasteiger partial charge in [0.15, 0.2) is 11.5 Å². The van der Waals surface area contributed by atoms with E-state index < -0.39 is 5.79 Å². The third-order valence-electron chi connectivity index (χ3n) is 4.07. The molecule has 2 nitrogen and oxygen atoms in total. The Hall–Kier alpha value is -2.74. The smallest absolute Gasteiger partial charge is 0.259 e. The second-order valence-electron chi connectivity index (χ2n) is 5.89. The minimum absolute atomic E-state index is 0.688. The van der Waals surface area contributed by atoms with E-state index >= 15 is 0 Å². The Morgan fingerprint density at radius 2 is 0.913 bits per heavy atom. The molecule has 114 valence electrons. The topological polar surface area (TPSA) is 18.5 Å². The molecule has 23 heavy (non-hydrogen) atoms. The Labute approximate surface area is 136 Å². The Morgan fingerprint density at radius 3 is 1.35 bits per heavy atom. The lowest BCUT2D eigenvalue weighted by Gasteiger charge is -2.28. The predicted molar refractivity (Wildman–Crippen MR) is 90.7 cm³/mol. The first-order valence-electron chi connectivity index (χ1n) is 7.88. The van der Waals surface area contributed by atoms with Crippen molar-refractivity contribution in [3.8, 4) is 11.5 Å². The molecule has 0 radical (unpaired) electrons. The Balaban J connectivity index is 1.67. The molecular formula is C21H18O2. The van der Waals surface area contributed by atoms with Crippen LogP contribution in [0.15, 0.2) is 84.9 Å². The van der Waals surface area contributed by atoms with Gasteiger partial charge < -0.3 is 9.47 Å². The van der Waals surface area contributed by atoms with Crippen LogP contribution in [-0.2, 0) is 12.8 Å². The van der Waals surface area contributed by atoms with Crippen molar-refractivity contribution in [2.75, 3.05) is 0 Å². The van der Waals surface area contributed by atoms with Crippen LogP contribution in [0.5, 0.6) is 11.5 Å². The number of hydrogen-bond acceptors (Lipinski definition) is 2. The number of ether oxygens (including phenoxy) is 2. The molecule has 2 heteroatoms. The van der Waals surface area contributed by atoms with Crippen LogP contribution in [-0.4, -0.2) is 5.79 Å². The summed E-state index contributed by atoms with van der Waals surface area (Å²) in [6.07, 6.45) is 1.41. The first kappa shape index (κ1) is 13.9. The number of para-hydroxylation sites is 2. The zero-order valence-corrected chi connectivity index (χ0v) is 12.8. The van der Waals surface area contributed by atoms with Gasteiger partial charge in [0.1, 0.15) is 0 Å². The Morgan fingerprint density at radius 1 is 0.522 bits per heavy atom. The molecule has 1 heterocycles. The average Bonchev–Trinajstić information content (AvgIpc) is 2.94. The molecule has 0 bridgehead atoms. The van der Waals surface area contributed by atoms with E-state index in [0.717, 1.165) is 11.5 Å². The summed E-state index contributed by atoms with van der Waals surface area (Å²) in [5.41, 5.74) is 2.41. The Bertz CT molecular complexity index is 713. The molecule has 4 rings (SSSR count). The van der Waals surface area contributed by atoms with Crippen molar-refractivity contribution in [1.29, 1.82) is 0 Å². The summed E-state index contributed by atoms with van der Waals surface area (Å²) in [5.74, 6) is 0.950. The highest BCUT2D eigenvalue weighted by molar-refractivity contribution is 5.43. The van der Waals surface area contributed by atoms with Crippen LogP contribution < -0.4 is 9.47 Å². The highest BCUT2D eigenvalue weighted by Gasteiger charge is 2.41. The van der Waals surface area contributed by atoms with Gasteiger partial charge in [-0.2, -0.15) is 0 Å². The zero-order valence-electron chi connectivity index (χ0n) is 12.8. The van der Waals surface area contributed by atoms with Crippen molar-refractivity contribution in [2.45, 2.75) is 18.6 Å². The van der Waals surface area contributed by atoms with Crippen LogP contribution >= 0.6 is 0 Å². The van der Waals surface area contributed by atoms with E-state index in [0.29, 0.717) is 12.8 Å². The normalized spacial score (nSPS) is 14.6. The van der Waals surface area contributed by atoms with E-state index in [4.69, 9.17) is 9.47 Å². The Kier molecular flexibility index (Phi) is 3.51. The second kappa shape index (κ2) is 5.81. The monoisotopic (exact) mass is 302 g/mol. The van der Waals surface area contributed by atoms with Crippen LogP contribution in [0.2, 0.25) is 0 Å². The van der Waals surface area contributed by atoms with Gasteiger partial charge in [0.2, 0.25) is 0 Å². The third kappa shape index (κ3) is 2.93. The molecule has 0 amide bonds. The van der Waals surface area contributed by atoms with Gasteiger partial charge in [-0.05, 0) is 23.3 Å². The van der Waals surface area contributed by atoms with Crippen LogP contribution in [0.1, 0.15) is 11.1 Å². The number of rotatable bonds is 4. The van der Waals surface area contributed by atoms with Crippen LogP contribution in [0.25, 0.3) is 0 Å². The molecule has 0 N–H and O–H groups in total. The first-order chi connectivity index (χ1) is 11.3. The molecule has 0 aromatic heterocycles. The SMILES string of the molecule is c1ccc(CC2(Cc3ccccc3)Oc3ccccc3O2)cc1. The average molecular weight is 302 g/mol. The summed E-state index contributed by atoms with van der Waals surface area (Å²) in [4.78, 5) is 0. The molecule has 0 spiro atoms. The molecule has 0 saturated heterocycles. The number of benzene rings is 3. The highest BCUT2D eigenvalue weighted by Crippen LogP contribution is 2.41. The highest BCUT2D eigenvalue weighted by atomic mass is 16.7. The quantitative estimate of drug-likeness (QED) is 0.699. The molecular weight excluding hydrogens is 284 g/mol. The van der Waals surface area contributed by atoms with Gasteiger partial charge in [-0.15, -0.1) is 0 Å². The largest absolute Gasteiger partial charge is 0.448 e. The lowest BCUT2D eigenvalue weighted by atomic mass is 9.98. The predicted octanol–water partition coefficient (Wildman–Crippen LogP) is 4.64. The van der Waals surface area contributed by atoms with Crippen molar-refractivity contribution in [1.82, 2.24) is 0 Å². The van der Waals surface area contributed by atoms with E-state index in [2.05, 4.69) is 24.3 Å². The van der Waals surface area contributed by atoms with E-state index in [1.165, 1.54) is 11.1 Å². The van der Waals surface area contributed by atoms with Crippen LogP contribution in [0.4, 0.5) is 0 Å². The van der Waals surface area contributed by atoms with Crippen molar-refractivity contribution >= 4 is 0 Å². The van der Waals surface area contributed by atoms with E-state index in [9.17, 15) is 0 Å². The van der Waals surface area contributed by atoms with E-state index in [1.54, 1.807) is 0 Å². The molecule has 0 aliphatic carbocycles. The van der Waals surface area contributed by atoms with Crippen molar-refractivity contribution < 1.29 is 9.47 Å². The van der Waals surface area contributed by atoms with Crippen molar-refractivity contribution in [3.05, 3.63) is 96.1 Å². The van der Waals surface area contributed by atoms with Crippen LogP contribution in [0.3, 0.4) is 0 Å². The van der Waals surface area contributed by atoms with Gasteiger partial charge in [-0.1, -0.05) is 72.8 Å². The summed E-state index contributed by atoms with van der Waals surface area (Å²) in [7, 11) is 0. The minimum Gasteiger partial charge on any atom is -0.448 e. The van der Waals surface area contributed by atoms with Gasteiger partial charge >= 0.3 is 0 Å².